The third kappa shape index (κ3) is 3.32. The number of aliphatic hydroxyl groups is 1. The molecule has 0 saturated carbocycles. The molecule has 20 heavy (non-hydrogen) atoms. The summed E-state index contributed by atoms with van der Waals surface area (Å²) in [6.07, 6.45) is 2.56. The molecule has 1 aromatic carbocycles. The van der Waals surface area contributed by atoms with Crippen LogP contribution in [0, 0.1) is 0 Å². The van der Waals surface area contributed by atoms with Crippen molar-refractivity contribution in [3.05, 3.63) is 29.8 Å². The van der Waals surface area contributed by atoms with Crippen molar-refractivity contribution < 1.29 is 9.84 Å². The molecule has 0 bridgehead atoms. The van der Waals surface area contributed by atoms with Crippen LogP contribution in [0.25, 0.3) is 0 Å². The summed E-state index contributed by atoms with van der Waals surface area (Å²) in [5, 5.41) is 9.94. The molecule has 1 fully saturated rings. The standard InChI is InChI=1S/C16H26N2O2/c1-3-14(17)16(18-10-6-7-12(19)11-18)13-8-4-5-9-15(13)20-2/h4-5,8-9,12,14,16,19H,3,6-7,10-11,17H2,1-2H3. The lowest BCUT2D eigenvalue weighted by Gasteiger charge is -2.40. The number of nitrogens with two attached hydrogens (primary N) is 1. The van der Waals surface area contributed by atoms with Crippen molar-refractivity contribution in [2.75, 3.05) is 20.2 Å². The lowest BCUT2D eigenvalue weighted by atomic mass is 9.93. The van der Waals surface area contributed by atoms with Crippen LogP contribution in [-0.2, 0) is 0 Å². The van der Waals surface area contributed by atoms with Gasteiger partial charge >= 0.3 is 0 Å². The normalized spacial score (nSPS) is 23.3. The Kier molecular flexibility index (Phi) is 5.40. The van der Waals surface area contributed by atoms with Crippen molar-refractivity contribution in [3.8, 4) is 5.75 Å². The Bertz CT molecular complexity index is 425. The number of hydrogen-bond acceptors (Lipinski definition) is 4. The summed E-state index contributed by atoms with van der Waals surface area (Å²) in [6.45, 7) is 3.78. The highest BCUT2D eigenvalue weighted by molar-refractivity contribution is 5.37. The highest BCUT2D eigenvalue weighted by Gasteiger charge is 2.31. The number of rotatable bonds is 5. The van der Waals surface area contributed by atoms with Crippen LogP contribution in [0.15, 0.2) is 24.3 Å². The number of aliphatic hydroxyl groups excluding tert-OH is 1. The third-order valence-corrected chi connectivity index (χ3v) is 4.16. The van der Waals surface area contributed by atoms with Crippen LogP contribution < -0.4 is 10.5 Å². The van der Waals surface area contributed by atoms with Crippen LogP contribution in [0.4, 0.5) is 0 Å². The molecule has 1 saturated heterocycles. The summed E-state index contributed by atoms with van der Waals surface area (Å²) in [5.74, 6) is 0.876. The number of hydrogen-bond donors (Lipinski definition) is 2. The van der Waals surface area contributed by atoms with Gasteiger partial charge in [-0.15, -0.1) is 0 Å². The minimum Gasteiger partial charge on any atom is -0.496 e. The maximum Gasteiger partial charge on any atom is 0.123 e. The van der Waals surface area contributed by atoms with Gasteiger partial charge in [0.25, 0.3) is 0 Å². The zero-order valence-electron chi connectivity index (χ0n) is 12.5. The Morgan fingerprint density at radius 2 is 2.20 bits per heavy atom. The minimum atomic E-state index is -0.245. The van der Waals surface area contributed by atoms with Crippen molar-refractivity contribution >= 4 is 0 Å². The molecule has 0 radical (unpaired) electrons. The fourth-order valence-electron chi connectivity index (χ4n) is 3.07. The molecule has 2 rings (SSSR count). The minimum absolute atomic E-state index is 0.0385. The molecule has 1 heterocycles. The number of β-amino-alcohol motifs (C(OH)–C–C–N with tert-alkyl or cyclic N) is 1. The summed E-state index contributed by atoms with van der Waals surface area (Å²) >= 11 is 0. The van der Waals surface area contributed by atoms with Gasteiger partial charge in [-0.1, -0.05) is 25.1 Å². The molecule has 4 heteroatoms. The zero-order valence-corrected chi connectivity index (χ0v) is 12.5. The summed E-state index contributed by atoms with van der Waals surface area (Å²) in [4.78, 5) is 2.31. The molecule has 1 aliphatic rings. The Hall–Kier alpha value is -1.10. The van der Waals surface area contributed by atoms with Crippen LogP contribution in [-0.4, -0.2) is 42.4 Å². The Balaban J connectivity index is 2.31. The smallest absolute Gasteiger partial charge is 0.123 e. The molecule has 1 aliphatic heterocycles. The van der Waals surface area contributed by atoms with Crippen molar-refractivity contribution in [2.24, 2.45) is 5.73 Å². The molecule has 3 unspecified atom stereocenters. The molecule has 0 spiro atoms. The van der Waals surface area contributed by atoms with E-state index in [0.717, 1.165) is 37.1 Å². The van der Waals surface area contributed by atoms with E-state index in [-0.39, 0.29) is 18.2 Å². The lowest BCUT2D eigenvalue weighted by Crippen LogP contribution is -2.47. The first-order valence-electron chi connectivity index (χ1n) is 7.48. The van der Waals surface area contributed by atoms with E-state index in [1.54, 1.807) is 7.11 Å². The largest absolute Gasteiger partial charge is 0.496 e. The first-order chi connectivity index (χ1) is 9.67. The Morgan fingerprint density at radius 3 is 2.85 bits per heavy atom. The van der Waals surface area contributed by atoms with Gasteiger partial charge in [0.1, 0.15) is 5.75 Å². The second-order valence-electron chi connectivity index (χ2n) is 5.55. The highest BCUT2D eigenvalue weighted by atomic mass is 16.5. The van der Waals surface area contributed by atoms with Gasteiger partial charge in [0.2, 0.25) is 0 Å². The van der Waals surface area contributed by atoms with E-state index in [2.05, 4.69) is 17.9 Å². The van der Waals surface area contributed by atoms with E-state index >= 15 is 0 Å². The summed E-state index contributed by atoms with van der Waals surface area (Å²) in [7, 11) is 1.69. The van der Waals surface area contributed by atoms with Gasteiger partial charge in [-0.3, -0.25) is 4.90 Å². The van der Waals surface area contributed by atoms with Gasteiger partial charge in [-0.2, -0.15) is 0 Å². The van der Waals surface area contributed by atoms with Crippen molar-refractivity contribution in [1.82, 2.24) is 4.90 Å². The van der Waals surface area contributed by atoms with Gasteiger partial charge in [0.15, 0.2) is 0 Å². The molecular weight excluding hydrogens is 252 g/mol. The quantitative estimate of drug-likeness (QED) is 0.864. The highest BCUT2D eigenvalue weighted by Crippen LogP contribution is 2.33. The molecule has 0 aromatic heterocycles. The number of methoxy groups -OCH3 is 1. The average Bonchev–Trinajstić information content (AvgIpc) is 2.48. The summed E-state index contributed by atoms with van der Waals surface area (Å²) in [5.41, 5.74) is 7.49. The van der Waals surface area contributed by atoms with Crippen LogP contribution in [0.3, 0.4) is 0 Å². The van der Waals surface area contributed by atoms with Crippen molar-refractivity contribution in [1.29, 1.82) is 0 Å². The fraction of sp³-hybridized carbons (Fsp3) is 0.625. The predicted octanol–water partition coefficient (Wildman–Crippen LogP) is 1.93. The molecule has 3 N–H and O–H groups in total. The topological polar surface area (TPSA) is 58.7 Å². The Morgan fingerprint density at radius 1 is 1.45 bits per heavy atom. The first-order valence-corrected chi connectivity index (χ1v) is 7.48. The number of benzene rings is 1. The van der Waals surface area contributed by atoms with Gasteiger partial charge in [0, 0.05) is 18.2 Å². The molecule has 0 amide bonds. The molecule has 1 aromatic rings. The van der Waals surface area contributed by atoms with Gasteiger partial charge in [0.05, 0.1) is 19.3 Å². The number of para-hydroxylation sites is 1. The maximum absolute atomic E-state index is 9.94. The Labute approximate surface area is 121 Å². The third-order valence-electron chi connectivity index (χ3n) is 4.16. The van der Waals surface area contributed by atoms with Crippen LogP contribution in [0.1, 0.15) is 37.8 Å². The molecule has 3 atom stereocenters. The number of likely N-dealkylation sites (tertiary alicyclic amines) is 1. The SMILES string of the molecule is CCC(N)C(c1ccccc1OC)N1CCCC(O)C1. The molecule has 112 valence electrons. The second kappa shape index (κ2) is 7.07. The maximum atomic E-state index is 9.94. The van der Waals surface area contributed by atoms with Crippen LogP contribution in [0.2, 0.25) is 0 Å². The number of nitrogens with zero attached hydrogens (tertiary/aromatic N) is 1. The summed E-state index contributed by atoms with van der Waals surface area (Å²) in [6, 6.07) is 8.20. The van der Waals surface area contributed by atoms with Crippen molar-refractivity contribution in [2.45, 2.75) is 44.4 Å². The zero-order chi connectivity index (χ0) is 14.5. The van der Waals surface area contributed by atoms with Crippen LogP contribution >= 0.6 is 0 Å². The van der Waals surface area contributed by atoms with Gasteiger partial charge < -0.3 is 15.6 Å². The first kappa shape index (κ1) is 15.3. The fourth-order valence-corrected chi connectivity index (χ4v) is 3.07. The van der Waals surface area contributed by atoms with E-state index in [9.17, 15) is 5.11 Å². The van der Waals surface area contributed by atoms with E-state index in [1.165, 1.54) is 0 Å². The van der Waals surface area contributed by atoms with Crippen molar-refractivity contribution in [3.63, 3.8) is 0 Å². The average molecular weight is 278 g/mol. The molecule has 4 nitrogen and oxygen atoms in total. The van der Waals surface area contributed by atoms with E-state index < -0.39 is 0 Å². The number of piperidine rings is 1. The predicted molar refractivity (Wildman–Crippen MR) is 80.8 cm³/mol. The van der Waals surface area contributed by atoms with E-state index in [0.29, 0.717) is 6.54 Å². The van der Waals surface area contributed by atoms with Gasteiger partial charge in [-0.25, -0.2) is 0 Å². The monoisotopic (exact) mass is 278 g/mol. The van der Waals surface area contributed by atoms with Crippen LogP contribution in [0.5, 0.6) is 5.75 Å². The second-order valence-corrected chi connectivity index (χ2v) is 5.55. The van der Waals surface area contributed by atoms with E-state index in [1.807, 2.05) is 18.2 Å². The molecule has 0 aliphatic carbocycles. The molecular formula is C16H26N2O2. The number of ether oxygens (including phenoxy) is 1. The van der Waals surface area contributed by atoms with E-state index in [4.69, 9.17) is 10.5 Å². The summed E-state index contributed by atoms with van der Waals surface area (Å²) < 4.78 is 5.49. The van der Waals surface area contributed by atoms with Gasteiger partial charge in [-0.05, 0) is 31.9 Å². The lowest BCUT2D eigenvalue weighted by molar-refractivity contribution is 0.0378.